The summed E-state index contributed by atoms with van der Waals surface area (Å²) < 4.78 is 1.28. The fraction of sp³-hybridized carbons (Fsp3) is 0.167. The Kier molecular flexibility index (Phi) is 3.84. The van der Waals surface area contributed by atoms with E-state index in [1.807, 2.05) is 0 Å². The Bertz CT molecular complexity index is 634. The molecule has 22 heavy (non-hydrogen) atoms. The molecule has 118 valence electrons. The average Bonchev–Trinajstić information content (AvgIpc) is 2.95. The quantitative estimate of drug-likeness (QED) is 0.492. The van der Waals surface area contributed by atoms with Crippen molar-refractivity contribution in [2.45, 2.75) is 12.8 Å². The minimum atomic E-state index is -0.817. The van der Waals surface area contributed by atoms with Crippen molar-refractivity contribution in [3.8, 4) is 23.5 Å². The molecular weight excluding hydrogens is 296 g/mol. The van der Waals surface area contributed by atoms with Gasteiger partial charge in [-0.1, -0.05) is 0 Å². The van der Waals surface area contributed by atoms with Gasteiger partial charge in [-0.3, -0.25) is 9.59 Å². The minimum absolute atomic E-state index is 0.291. The number of carbonyl (C=O) groups excluding carboxylic acids is 2. The van der Waals surface area contributed by atoms with Gasteiger partial charge in [0.15, 0.2) is 0 Å². The molecule has 0 spiro atoms. The molecule has 0 radical (unpaired) electrons. The van der Waals surface area contributed by atoms with Crippen molar-refractivity contribution in [2.75, 3.05) is 5.12 Å². The molecular formula is C12H14N4O6. The molecule has 0 saturated carbocycles. The van der Waals surface area contributed by atoms with E-state index in [0.717, 1.165) is 24.3 Å². The lowest BCUT2D eigenvalue weighted by atomic mass is 10.3. The van der Waals surface area contributed by atoms with Gasteiger partial charge in [-0.2, -0.15) is 9.35 Å². The van der Waals surface area contributed by atoms with E-state index in [1.54, 1.807) is 0 Å². The van der Waals surface area contributed by atoms with E-state index >= 15 is 0 Å². The first-order valence-corrected chi connectivity index (χ1v) is 6.14. The number of hydrogen-bond acceptors (Lipinski definition) is 6. The smallest absolute Gasteiger partial charge is 0.262 e. The van der Waals surface area contributed by atoms with Crippen LogP contribution in [0.2, 0.25) is 0 Å². The number of aromatic hydroxyl groups is 4. The van der Waals surface area contributed by atoms with Gasteiger partial charge in [0.2, 0.25) is 29.4 Å². The van der Waals surface area contributed by atoms with Gasteiger partial charge in [0, 0.05) is 37.1 Å². The summed E-state index contributed by atoms with van der Waals surface area (Å²) in [4.78, 5) is 23.1. The number of nitrogens with two attached hydrogens (primary N) is 1. The van der Waals surface area contributed by atoms with Crippen molar-refractivity contribution in [1.29, 1.82) is 0 Å². The van der Waals surface area contributed by atoms with Crippen LogP contribution >= 0.6 is 0 Å². The van der Waals surface area contributed by atoms with Crippen LogP contribution in [0.4, 0.5) is 0 Å². The maximum absolute atomic E-state index is 12.3. The lowest BCUT2D eigenvalue weighted by Crippen LogP contribution is -2.44. The third-order valence-electron chi connectivity index (χ3n) is 2.82. The number of carbonyl (C=O) groups is 2. The molecule has 10 nitrogen and oxygen atoms in total. The van der Waals surface area contributed by atoms with Gasteiger partial charge in [0.05, 0.1) is 0 Å². The van der Waals surface area contributed by atoms with Crippen LogP contribution in [0.3, 0.4) is 0 Å². The second-order valence-corrected chi connectivity index (χ2v) is 4.37. The molecule has 0 saturated heterocycles. The summed E-state index contributed by atoms with van der Waals surface area (Å²) in [5.41, 5.74) is 4.98. The standard InChI is InChI=1S/C12H14N4O6/c13-7(17)1-2-12(22)16(14-8(18)3-4-9(14)19)15-10(20)5-6-11(15)21/h3-6,18-21H,1-2H2,(H2,13,17). The topological polar surface area (TPSA) is 154 Å². The van der Waals surface area contributed by atoms with Crippen molar-refractivity contribution in [2.24, 2.45) is 5.73 Å². The van der Waals surface area contributed by atoms with Gasteiger partial charge in [0.1, 0.15) is 0 Å². The number of hydrogen-bond donors (Lipinski definition) is 5. The van der Waals surface area contributed by atoms with E-state index in [0.29, 0.717) is 14.5 Å². The molecule has 0 fully saturated rings. The summed E-state index contributed by atoms with van der Waals surface area (Å²) in [5, 5.41) is 39.6. The van der Waals surface area contributed by atoms with Crippen molar-refractivity contribution < 1.29 is 30.0 Å². The number of aromatic nitrogens is 2. The number of primary amides is 1. The zero-order valence-corrected chi connectivity index (χ0v) is 11.2. The van der Waals surface area contributed by atoms with Gasteiger partial charge in [0.25, 0.3) is 5.91 Å². The van der Waals surface area contributed by atoms with Crippen LogP contribution in [-0.4, -0.2) is 41.6 Å². The summed E-state index contributed by atoms with van der Waals surface area (Å²) in [6.07, 6.45) is -0.662. The van der Waals surface area contributed by atoms with Crippen molar-refractivity contribution in [1.82, 2.24) is 9.35 Å². The van der Waals surface area contributed by atoms with Gasteiger partial charge < -0.3 is 26.2 Å². The highest BCUT2D eigenvalue weighted by molar-refractivity contribution is 5.89. The molecule has 10 heteroatoms. The molecule has 0 aliphatic carbocycles. The zero-order chi connectivity index (χ0) is 16.4. The number of rotatable bonds is 5. The monoisotopic (exact) mass is 310 g/mol. The van der Waals surface area contributed by atoms with E-state index in [1.165, 1.54) is 0 Å². The molecule has 0 aliphatic heterocycles. The summed E-state index contributed by atoms with van der Waals surface area (Å²) in [5.74, 6) is -3.66. The molecule has 2 amide bonds. The van der Waals surface area contributed by atoms with E-state index in [4.69, 9.17) is 5.73 Å². The second kappa shape index (κ2) is 5.60. The van der Waals surface area contributed by atoms with E-state index in [9.17, 15) is 30.0 Å². The lowest BCUT2D eigenvalue weighted by Gasteiger charge is -2.26. The van der Waals surface area contributed by atoms with Crippen molar-refractivity contribution in [3.05, 3.63) is 24.3 Å². The zero-order valence-electron chi connectivity index (χ0n) is 11.2. The fourth-order valence-electron chi connectivity index (χ4n) is 1.85. The van der Waals surface area contributed by atoms with Crippen LogP contribution in [0.25, 0.3) is 0 Å². The maximum Gasteiger partial charge on any atom is 0.262 e. The first-order valence-electron chi connectivity index (χ1n) is 6.14. The van der Waals surface area contributed by atoms with Crippen LogP contribution < -0.4 is 10.9 Å². The maximum atomic E-state index is 12.3. The molecule has 0 unspecified atom stereocenters. The molecule has 2 aromatic heterocycles. The third kappa shape index (κ3) is 2.61. The third-order valence-corrected chi connectivity index (χ3v) is 2.82. The number of amides is 2. The molecule has 0 aromatic carbocycles. The molecule has 2 rings (SSSR count). The highest BCUT2D eigenvalue weighted by Crippen LogP contribution is 2.28. The molecule has 6 N–H and O–H groups in total. The lowest BCUT2D eigenvalue weighted by molar-refractivity contribution is -0.125. The van der Waals surface area contributed by atoms with E-state index < -0.39 is 35.3 Å². The van der Waals surface area contributed by atoms with Gasteiger partial charge in [-0.25, -0.2) is 0 Å². The van der Waals surface area contributed by atoms with Gasteiger partial charge in [-0.15, -0.1) is 5.12 Å². The van der Waals surface area contributed by atoms with E-state index in [-0.39, 0.29) is 12.8 Å². The predicted octanol–water partition coefficient (Wildman–Crippen LogP) is -0.695. The number of nitrogens with zero attached hydrogens (tertiary/aromatic N) is 3. The van der Waals surface area contributed by atoms with Crippen LogP contribution in [0.1, 0.15) is 12.8 Å². The Balaban J connectivity index is 2.51. The second-order valence-electron chi connectivity index (χ2n) is 4.37. The largest absolute Gasteiger partial charge is 0.493 e. The normalized spacial score (nSPS) is 10.5. The van der Waals surface area contributed by atoms with Crippen LogP contribution in [0, 0.1) is 0 Å². The predicted molar refractivity (Wildman–Crippen MR) is 72.6 cm³/mol. The molecule has 0 bridgehead atoms. The van der Waals surface area contributed by atoms with Crippen LogP contribution in [0.15, 0.2) is 24.3 Å². The Labute approximate surface area is 123 Å². The summed E-state index contributed by atoms with van der Waals surface area (Å²) in [7, 11) is 0. The van der Waals surface area contributed by atoms with Crippen molar-refractivity contribution >= 4 is 11.8 Å². The minimum Gasteiger partial charge on any atom is -0.493 e. The highest BCUT2D eigenvalue weighted by Gasteiger charge is 2.27. The summed E-state index contributed by atoms with van der Waals surface area (Å²) in [6.45, 7) is 0. The first kappa shape index (κ1) is 15.1. The molecule has 0 aliphatic rings. The Morgan fingerprint density at radius 3 is 1.55 bits per heavy atom. The molecule has 0 atom stereocenters. The van der Waals surface area contributed by atoms with Crippen LogP contribution in [-0.2, 0) is 9.59 Å². The van der Waals surface area contributed by atoms with Crippen molar-refractivity contribution in [3.63, 3.8) is 0 Å². The Morgan fingerprint density at radius 2 is 1.23 bits per heavy atom. The van der Waals surface area contributed by atoms with Crippen LogP contribution in [0.5, 0.6) is 23.5 Å². The fourth-order valence-corrected chi connectivity index (χ4v) is 1.85. The van der Waals surface area contributed by atoms with Gasteiger partial charge in [-0.05, 0) is 0 Å². The SMILES string of the molecule is NC(=O)CCC(=O)N(n1c(O)ccc1O)n1c(O)ccc1O. The molecule has 2 heterocycles. The highest BCUT2D eigenvalue weighted by atomic mass is 16.3. The first-order chi connectivity index (χ1) is 10.3. The Morgan fingerprint density at radius 1 is 0.864 bits per heavy atom. The average molecular weight is 310 g/mol. The molecule has 2 aromatic rings. The summed E-state index contributed by atoms with van der Waals surface area (Å²) >= 11 is 0. The van der Waals surface area contributed by atoms with Gasteiger partial charge >= 0.3 is 0 Å². The summed E-state index contributed by atoms with van der Waals surface area (Å²) in [6, 6.07) is 4.39. The Hall–Kier alpha value is -3.30. The van der Waals surface area contributed by atoms with E-state index in [2.05, 4.69) is 0 Å².